The summed E-state index contributed by atoms with van der Waals surface area (Å²) >= 11 is 0.964. The van der Waals surface area contributed by atoms with Crippen LogP contribution in [0.25, 0.3) is 5.76 Å². The fraction of sp³-hybridized carbons (Fsp3) is 0.278. The Balaban J connectivity index is 1.58. The smallest absolute Gasteiger partial charge is 0.350 e. The molecule has 2 heterocycles. The number of carbonyl (C=O) groups excluding carboxylic acids is 3. The van der Waals surface area contributed by atoms with Crippen molar-refractivity contribution in [2.45, 2.75) is 46.6 Å². The van der Waals surface area contributed by atoms with Gasteiger partial charge in [-0.2, -0.15) is 0 Å². The van der Waals surface area contributed by atoms with Crippen LogP contribution in [0.4, 0.5) is 5.13 Å². The third kappa shape index (κ3) is 7.13. The number of aromatic nitrogens is 1. The number of aliphatic hydroxyl groups excluding tert-OH is 1. The van der Waals surface area contributed by atoms with Crippen molar-refractivity contribution in [3.63, 3.8) is 0 Å². The first-order valence-corrected chi connectivity index (χ1v) is 16.0. The number of para-hydroxylation sites is 1. The Morgan fingerprint density at radius 1 is 0.978 bits per heavy atom. The van der Waals surface area contributed by atoms with Gasteiger partial charge in [0.2, 0.25) is 0 Å². The van der Waals surface area contributed by atoms with E-state index >= 15 is 0 Å². The van der Waals surface area contributed by atoms with Crippen LogP contribution in [0.15, 0.2) is 84.4 Å². The molecule has 0 aliphatic carbocycles. The Kier molecular flexibility index (Phi) is 10.2. The number of rotatable bonds is 12. The number of aryl methyl sites for hydroxylation is 1. The van der Waals surface area contributed by atoms with Crippen molar-refractivity contribution < 1.29 is 33.7 Å². The highest BCUT2D eigenvalue weighted by atomic mass is 32.1. The normalized spacial score (nSPS) is 15.8. The zero-order chi connectivity index (χ0) is 32.8. The second-order valence-electron chi connectivity index (χ2n) is 11.3. The van der Waals surface area contributed by atoms with E-state index in [1.807, 2.05) is 44.2 Å². The largest absolute Gasteiger partial charge is 0.507 e. The van der Waals surface area contributed by atoms with E-state index in [0.717, 1.165) is 24.2 Å². The zero-order valence-electron chi connectivity index (χ0n) is 26.2. The molecule has 1 N–H and O–H groups in total. The average Bonchev–Trinajstić information content (AvgIpc) is 3.56. The van der Waals surface area contributed by atoms with Crippen molar-refractivity contribution in [1.29, 1.82) is 0 Å². The molecule has 238 valence electrons. The second kappa shape index (κ2) is 14.4. The number of thiazole rings is 1. The highest BCUT2D eigenvalue weighted by Crippen LogP contribution is 2.45. The average molecular weight is 641 g/mol. The van der Waals surface area contributed by atoms with Crippen LogP contribution in [-0.2, 0) is 14.3 Å². The van der Waals surface area contributed by atoms with Gasteiger partial charge >= 0.3 is 11.9 Å². The number of carbonyl (C=O) groups is 3. The Hall–Kier alpha value is -4.96. The summed E-state index contributed by atoms with van der Waals surface area (Å²) in [5.74, 6) is -0.813. The summed E-state index contributed by atoms with van der Waals surface area (Å²) in [4.78, 5) is 46.3. The number of Topliss-reactive ketones (excluding diaryl/α,β-unsaturated/α-hetero) is 1. The number of aliphatic hydroxyl groups is 1. The Morgan fingerprint density at radius 2 is 1.70 bits per heavy atom. The van der Waals surface area contributed by atoms with Crippen molar-refractivity contribution in [2.75, 3.05) is 18.1 Å². The van der Waals surface area contributed by atoms with Gasteiger partial charge in [0, 0.05) is 5.56 Å². The minimum Gasteiger partial charge on any atom is -0.507 e. The second-order valence-corrected chi connectivity index (χ2v) is 12.3. The molecule has 1 fully saturated rings. The van der Waals surface area contributed by atoms with Gasteiger partial charge in [-0.05, 0) is 73.4 Å². The molecule has 10 heteroatoms. The zero-order valence-corrected chi connectivity index (χ0v) is 27.0. The van der Waals surface area contributed by atoms with Gasteiger partial charge in [0.25, 0.3) is 5.78 Å². The number of unbranched alkanes of at least 4 members (excludes halogenated alkanes) is 1. The minimum atomic E-state index is -1.06. The molecule has 0 saturated carbocycles. The van der Waals surface area contributed by atoms with Gasteiger partial charge in [-0.15, -0.1) is 0 Å². The molecule has 46 heavy (non-hydrogen) atoms. The Bertz CT molecular complexity index is 1750. The van der Waals surface area contributed by atoms with Gasteiger partial charge < -0.3 is 19.3 Å². The van der Waals surface area contributed by atoms with Gasteiger partial charge in [0.05, 0.1) is 30.5 Å². The molecule has 1 saturated heterocycles. The van der Waals surface area contributed by atoms with Crippen LogP contribution in [-0.4, -0.2) is 41.0 Å². The van der Waals surface area contributed by atoms with Crippen molar-refractivity contribution in [3.8, 4) is 17.2 Å². The number of amides is 1. The van der Waals surface area contributed by atoms with Crippen LogP contribution >= 0.6 is 11.3 Å². The number of nitrogens with zero attached hydrogens (tertiary/aromatic N) is 2. The van der Waals surface area contributed by atoms with Crippen molar-refractivity contribution in [3.05, 3.63) is 106 Å². The maximum Gasteiger partial charge on any atom is 0.350 e. The van der Waals surface area contributed by atoms with E-state index in [4.69, 9.17) is 14.2 Å². The summed E-state index contributed by atoms with van der Waals surface area (Å²) in [6, 6.07) is 21.8. The fourth-order valence-corrected chi connectivity index (χ4v) is 5.89. The Morgan fingerprint density at radius 3 is 2.39 bits per heavy atom. The number of ether oxygens (including phenoxy) is 3. The predicted octanol–water partition coefficient (Wildman–Crippen LogP) is 7.86. The molecule has 1 aliphatic heterocycles. The molecule has 9 nitrogen and oxygen atoms in total. The summed E-state index contributed by atoms with van der Waals surface area (Å²) in [7, 11) is 0. The van der Waals surface area contributed by atoms with E-state index in [2.05, 4.69) is 11.9 Å². The lowest BCUT2D eigenvalue weighted by Crippen LogP contribution is -2.29. The molecule has 0 spiro atoms. The van der Waals surface area contributed by atoms with E-state index in [-0.39, 0.29) is 33.9 Å². The first kappa shape index (κ1) is 32.4. The predicted molar refractivity (Wildman–Crippen MR) is 177 cm³/mol. The van der Waals surface area contributed by atoms with Crippen LogP contribution in [0.3, 0.4) is 0 Å². The third-order valence-electron chi connectivity index (χ3n) is 7.22. The van der Waals surface area contributed by atoms with Crippen molar-refractivity contribution in [2.24, 2.45) is 5.92 Å². The molecule has 1 aromatic heterocycles. The van der Waals surface area contributed by atoms with E-state index in [9.17, 15) is 19.5 Å². The van der Waals surface area contributed by atoms with E-state index in [1.165, 1.54) is 4.90 Å². The molecular formula is C36H36N2O7S. The summed E-state index contributed by atoms with van der Waals surface area (Å²) < 4.78 is 17.2. The topological polar surface area (TPSA) is 115 Å². The van der Waals surface area contributed by atoms with Crippen LogP contribution in [0.1, 0.15) is 66.1 Å². The molecule has 1 unspecified atom stereocenters. The lowest BCUT2D eigenvalue weighted by Gasteiger charge is -2.23. The van der Waals surface area contributed by atoms with Gasteiger partial charge in [-0.25, -0.2) is 9.78 Å². The number of anilines is 1. The number of hydrogen-bond acceptors (Lipinski definition) is 9. The number of esters is 1. The Labute approximate surface area is 272 Å². The summed E-state index contributed by atoms with van der Waals surface area (Å²) in [6.45, 7) is 8.38. The van der Waals surface area contributed by atoms with Gasteiger partial charge in [-0.3, -0.25) is 14.5 Å². The lowest BCUT2D eigenvalue weighted by molar-refractivity contribution is -0.132. The minimum absolute atomic E-state index is 0.113. The molecule has 4 aromatic rings. The first-order chi connectivity index (χ1) is 22.2. The molecule has 5 rings (SSSR count). The molecule has 1 aliphatic rings. The molecule has 1 amide bonds. The number of ketones is 1. The standard InChI is InChI=1S/C36H36N2O7S/c1-5-6-19-43-26-17-15-24(16-18-26)31(39)29-30(25-11-10-14-28(20-25)45-27-12-8-7-9-13-27)38(34(41)32(29)40)36-37-23(4)33(46-36)35(42)44-21-22(2)3/h7-18,20,22,30,39H,5-6,19,21H2,1-4H3/b31-29+. The quantitative estimate of drug-likeness (QED) is 0.0547. The first-order valence-electron chi connectivity index (χ1n) is 15.2. The van der Waals surface area contributed by atoms with E-state index < -0.39 is 23.7 Å². The highest BCUT2D eigenvalue weighted by Gasteiger charge is 2.48. The number of benzene rings is 3. The van der Waals surface area contributed by atoms with Crippen molar-refractivity contribution in [1.82, 2.24) is 4.98 Å². The van der Waals surface area contributed by atoms with Crippen molar-refractivity contribution >= 4 is 39.9 Å². The molecule has 0 bridgehead atoms. The number of hydrogen-bond donors (Lipinski definition) is 1. The van der Waals surface area contributed by atoms with Crippen LogP contribution in [0, 0.1) is 12.8 Å². The molecule has 1 atom stereocenters. The van der Waals surface area contributed by atoms with E-state index in [0.29, 0.717) is 40.7 Å². The fourth-order valence-electron chi connectivity index (χ4n) is 4.90. The van der Waals surface area contributed by atoms with Gasteiger partial charge in [-0.1, -0.05) is 68.9 Å². The van der Waals surface area contributed by atoms with Crippen LogP contribution in [0.5, 0.6) is 17.2 Å². The van der Waals surface area contributed by atoms with Gasteiger partial charge in [0.15, 0.2) is 5.13 Å². The van der Waals surface area contributed by atoms with Gasteiger partial charge in [0.1, 0.15) is 27.9 Å². The maximum atomic E-state index is 13.7. The molecular weight excluding hydrogens is 604 g/mol. The summed E-state index contributed by atoms with van der Waals surface area (Å²) in [5.41, 5.74) is 1.11. The summed E-state index contributed by atoms with van der Waals surface area (Å²) in [5, 5.41) is 11.7. The summed E-state index contributed by atoms with van der Waals surface area (Å²) in [6.07, 6.45) is 1.90. The van der Waals surface area contributed by atoms with Crippen LogP contribution in [0.2, 0.25) is 0 Å². The third-order valence-corrected chi connectivity index (χ3v) is 8.35. The van der Waals surface area contributed by atoms with Crippen LogP contribution < -0.4 is 14.4 Å². The van der Waals surface area contributed by atoms with E-state index in [1.54, 1.807) is 55.5 Å². The maximum absolute atomic E-state index is 13.7. The molecule has 0 radical (unpaired) electrons. The SMILES string of the molecule is CCCCOc1ccc(/C(O)=C2\C(=O)C(=O)N(c3nc(C)c(C(=O)OCC(C)C)s3)C2c2cccc(Oc3ccccc3)c2)cc1. The lowest BCUT2D eigenvalue weighted by atomic mass is 9.95. The highest BCUT2D eigenvalue weighted by molar-refractivity contribution is 7.17. The molecule has 3 aromatic carbocycles. The monoisotopic (exact) mass is 640 g/mol.